The van der Waals surface area contributed by atoms with Gasteiger partial charge in [0.1, 0.15) is 18.1 Å². The van der Waals surface area contributed by atoms with Crippen LogP contribution in [0.2, 0.25) is 0 Å². The summed E-state index contributed by atoms with van der Waals surface area (Å²) in [5, 5.41) is 17.0. The second kappa shape index (κ2) is 16.1. The second-order valence-electron chi connectivity index (χ2n) is 8.05. The number of rotatable bonds is 16. The van der Waals surface area contributed by atoms with Crippen LogP contribution < -0.4 is 27.4 Å². The van der Waals surface area contributed by atoms with Crippen LogP contribution in [0.3, 0.4) is 0 Å². The van der Waals surface area contributed by atoms with Gasteiger partial charge in [-0.25, -0.2) is 4.79 Å². The van der Waals surface area contributed by atoms with E-state index in [9.17, 15) is 24.3 Å². The van der Waals surface area contributed by atoms with Crippen molar-refractivity contribution < 1.29 is 24.3 Å². The molecule has 0 bridgehead atoms. The van der Waals surface area contributed by atoms with Crippen LogP contribution in [0.4, 0.5) is 0 Å². The number of carbonyl (C=O) groups is 4. The highest BCUT2D eigenvalue weighted by Crippen LogP contribution is 2.06. The molecule has 0 heterocycles. The molecule has 3 amide bonds. The van der Waals surface area contributed by atoms with Crippen molar-refractivity contribution in [2.45, 2.75) is 63.2 Å². The minimum absolute atomic E-state index is 0.241. The molecule has 1 aromatic rings. The summed E-state index contributed by atoms with van der Waals surface area (Å²) in [5.74, 6) is -2.17. The van der Waals surface area contributed by atoms with Gasteiger partial charge in [-0.2, -0.15) is 11.8 Å². The average molecular weight is 496 g/mol. The number of hydrogen-bond acceptors (Lipinski definition) is 7. The highest BCUT2D eigenvalue weighted by molar-refractivity contribution is 7.98. The Bertz CT molecular complexity index is 795. The fourth-order valence-electron chi connectivity index (χ4n) is 3.17. The zero-order valence-electron chi connectivity index (χ0n) is 19.8. The number of aliphatic carboxylic acids is 1. The quantitative estimate of drug-likeness (QED) is 0.174. The number of nitrogens with one attached hydrogen (secondary N) is 3. The predicted molar refractivity (Wildman–Crippen MR) is 133 cm³/mol. The average Bonchev–Trinajstić information content (AvgIpc) is 2.81. The van der Waals surface area contributed by atoms with Crippen molar-refractivity contribution in [3.05, 3.63) is 35.9 Å². The van der Waals surface area contributed by atoms with Crippen LogP contribution in [0.15, 0.2) is 30.3 Å². The fraction of sp³-hybridized carbons (Fsp3) is 0.565. The number of nitrogens with two attached hydrogens (primary N) is 2. The van der Waals surface area contributed by atoms with E-state index < -0.39 is 47.9 Å². The second-order valence-corrected chi connectivity index (χ2v) is 9.04. The summed E-state index contributed by atoms with van der Waals surface area (Å²) in [6.07, 6.45) is 4.00. The lowest BCUT2D eigenvalue weighted by molar-refractivity contribution is -0.142. The van der Waals surface area contributed by atoms with Crippen molar-refractivity contribution in [2.24, 2.45) is 11.5 Å². The Labute approximate surface area is 205 Å². The van der Waals surface area contributed by atoms with Gasteiger partial charge in [0, 0.05) is 0 Å². The van der Waals surface area contributed by atoms with E-state index in [1.165, 1.54) is 18.7 Å². The molecular weight excluding hydrogens is 458 g/mol. The van der Waals surface area contributed by atoms with Crippen LogP contribution in [0, 0.1) is 0 Å². The molecule has 1 rings (SSSR count). The maximum absolute atomic E-state index is 12.8. The molecule has 190 valence electrons. The first-order valence-corrected chi connectivity index (χ1v) is 12.7. The topological polar surface area (TPSA) is 177 Å². The molecule has 10 nitrogen and oxygen atoms in total. The van der Waals surface area contributed by atoms with E-state index in [-0.39, 0.29) is 6.42 Å². The molecule has 0 radical (unpaired) electrons. The summed E-state index contributed by atoms with van der Waals surface area (Å²) in [6, 6.07) is 5.54. The van der Waals surface area contributed by atoms with E-state index >= 15 is 0 Å². The first-order chi connectivity index (χ1) is 16.2. The Kier molecular flexibility index (Phi) is 13.9. The van der Waals surface area contributed by atoms with Crippen LogP contribution >= 0.6 is 11.8 Å². The van der Waals surface area contributed by atoms with Gasteiger partial charge >= 0.3 is 5.97 Å². The summed E-state index contributed by atoms with van der Waals surface area (Å²) in [6.45, 7) is 1.89. The zero-order chi connectivity index (χ0) is 25.5. The SMILES string of the molecule is CSCCC(NC(=O)C(N)Cc1ccccc1)C(=O)NC(C)C(=O)NC(CCCCN)C(=O)O. The molecule has 0 aromatic heterocycles. The van der Waals surface area contributed by atoms with Crippen LogP contribution in [-0.4, -0.2) is 71.5 Å². The molecule has 34 heavy (non-hydrogen) atoms. The van der Waals surface area contributed by atoms with E-state index in [1.54, 1.807) is 0 Å². The summed E-state index contributed by atoms with van der Waals surface area (Å²) >= 11 is 1.52. The number of benzene rings is 1. The van der Waals surface area contributed by atoms with Crippen LogP contribution in [0.1, 0.15) is 38.2 Å². The van der Waals surface area contributed by atoms with Crippen molar-refractivity contribution in [1.29, 1.82) is 0 Å². The third-order valence-corrected chi connectivity index (χ3v) is 5.84. The molecular formula is C23H37N5O5S. The van der Waals surface area contributed by atoms with Gasteiger partial charge in [-0.1, -0.05) is 30.3 Å². The molecule has 4 atom stereocenters. The van der Waals surface area contributed by atoms with E-state index in [0.29, 0.717) is 38.0 Å². The number of unbranched alkanes of at least 4 members (excludes halogenated alkanes) is 1. The highest BCUT2D eigenvalue weighted by atomic mass is 32.2. The zero-order valence-corrected chi connectivity index (χ0v) is 20.6. The lowest BCUT2D eigenvalue weighted by Gasteiger charge is -2.23. The molecule has 8 N–H and O–H groups in total. The number of carboxylic acid groups (broad SMARTS) is 1. The molecule has 0 aliphatic heterocycles. The van der Waals surface area contributed by atoms with E-state index in [1.807, 2.05) is 36.6 Å². The first kappa shape index (κ1) is 29.4. The summed E-state index contributed by atoms with van der Waals surface area (Å²) in [4.78, 5) is 49.3. The minimum atomic E-state index is -1.15. The number of amides is 3. The standard InChI is InChI=1S/C23H37N5O5S/c1-15(20(29)28-19(23(32)33)10-6-7-12-24)26-22(31)18(11-13-34-2)27-21(30)17(25)14-16-8-4-3-5-9-16/h3-5,8-9,15,17-19H,6-7,10-14,24-25H2,1-2H3,(H,26,31)(H,27,30)(H,28,29)(H,32,33). The molecule has 0 saturated carbocycles. The van der Waals surface area contributed by atoms with Gasteiger partial charge in [0.25, 0.3) is 0 Å². The predicted octanol–water partition coefficient (Wildman–Crippen LogP) is -0.00260. The van der Waals surface area contributed by atoms with Gasteiger partial charge in [0.05, 0.1) is 6.04 Å². The number of thioether (sulfide) groups is 1. The Morgan fingerprint density at radius 2 is 1.59 bits per heavy atom. The Hall–Kier alpha value is -2.63. The van der Waals surface area contributed by atoms with Gasteiger partial charge in [-0.15, -0.1) is 0 Å². The largest absolute Gasteiger partial charge is 0.480 e. The summed E-state index contributed by atoms with van der Waals surface area (Å²) in [7, 11) is 0. The molecule has 11 heteroatoms. The number of carboxylic acids is 1. The van der Waals surface area contributed by atoms with E-state index in [4.69, 9.17) is 11.5 Å². The Balaban J connectivity index is 2.70. The van der Waals surface area contributed by atoms with E-state index in [2.05, 4.69) is 16.0 Å². The molecule has 0 spiro atoms. The van der Waals surface area contributed by atoms with Gasteiger partial charge < -0.3 is 32.5 Å². The van der Waals surface area contributed by atoms with Crippen molar-refractivity contribution in [1.82, 2.24) is 16.0 Å². The monoisotopic (exact) mass is 495 g/mol. The van der Waals surface area contributed by atoms with Crippen LogP contribution in [-0.2, 0) is 25.6 Å². The molecule has 1 aromatic carbocycles. The maximum atomic E-state index is 12.8. The van der Waals surface area contributed by atoms with E-state index in [0.717, 1.165) is 5.56 Å². The van der Waals surface area contributed by atoms with Gasteiger partial charge in [-0.3, -0.25) is 14.4 Å². The first-order valence-electron chi connectivity index (χ1n) is 11.3. The van der Waals surface area contributed by atoms with Gasteiger partial charge in [-0.05, 0) is 63.1 Å². The molecule has 4 unspecified atom stereocenters. The Morgan fingerprint density at radius 3 is 2.18 bits per heavy atom. The molecule has 0 aliphatic rings. The number of carbonyl (C=O) groups excluding carboxylic acids is 3. The lowest BCUT2D eigenvalue weighted by atomic mass is 10.1. The van der Waals surface area contributed by atoms with Crippen molar-refractivity contribution >= 4 is 35.5 Å². The smallest absolute Gasteiger partial charge is 0.326 e. The maximum Gasteiger partial charge on any atom is 0.326 e. The highest BCUT2D eigenvalue weighted by Gasteiger charge is 2.28. The van der Waals surface area contributed by atoms with Crippen molar-refractivity contribution in [3.8, 4) is 0 Å². The third-order valence-electron chi connectivity index (χ3n) is 5.19. The van der Waals surface area contributed by atoms with Crippen LogP contribution in [0.5, 0.6) is 0 Å². The van der Waals surface area contributed by atoms with Crippen LogP contribution in [0.25, 0.3) is 0 Å². The molecule has 0 saturated heterocycles. The minimum Gasteiger partial charge on any atom is -0.480 e. The summed E-state index contributed by atoms with van der Waals surface area (Å²) in [5.41, 5.74) is 12.4. The van der Waals surface area contributed by atoms with Gasteiger partial charge in [0.15, 0.2) is 0 Å². The third kappa shape index (κ3) is 11.0. The molecule has 0 aliphatic carbocycles. The van der Waals surface area contributed by atoms with Gasteiger partial charge in [0.2, 0.25) is 17.7 Å². The fourth-order valence-corrected chi connectivity index (χ4v) is 3.64. The van der Waals surface area contributed by atoms with Crippen molar-refractivity contribution in [3.63, 3.8) is 0 Å². The normalized spacial score (nSPS) is 14.4. The lowest BCUT2D eigenvalue weighted by Crippen LogP contribution is -2.56. The van der Waals surface area contributed by atoms with Crippen molar-refractivity contribution in [2.75, 3.05) is 18.6 Å². The molecule has 0 fully saturated rings. The summed E-state index contributed by atoms with van der Waals surface area (Å²) < 4.78 is 0. The number of hydrogen-bond donors (Lipinski definition) is 6. The Morgan fingerprint density at radius 1 is 0.941 bits per heavy atom.